The Morgan fingerprint density at radius 3 is 2.83 bits per heavy atom. The van der Waals surface area contributed by atoms with Crippen LogP contribution < -0.4 is 5.32 Å². The lowest BCUT2D eigenvalue weighted by Crippen LogP contribution is -2.44. The molecule has 1 atom stereocenters. The van der Waals surface area contributed by atoms with Gasteiger partial charge in [0.1, 0.15) is 5.82 Å². The number of halogens is 1. The first kappa shape index (κ1) is 13.8. The van der Waals surface area contributed by atoms with Crippen molar-refractivity contribution in [3.8, 4) is 0 Å². The monoisotopic (exact) mass is 268 g/mol. The highest BCUT2D eigenvalue weighted by molar-refractivity contribution is 7.99. The first-order valence-corrected chi connectivity index (χ1v) is 7.53. The average Bonchev–Trinajstić information content (AvgIpc) is 2.42. The van der Waals surface area contributed by atoms with Gasteiger partial charge in [0, 0.05) is 29.8 Å². The summed E-state index contributed by atoms with van der Waals surface area (Å²) in [7, 11) is 2.20. The predicted molar refractivity (Wildman–Crippen MR) is 75.6 cm³/mol. The maximum Gasteiger partial charge on any atom is 0.123 e. The molecule has 2 rings (SSSR count). The zero-order valence-electron chi connectivity index (χ0n) is 10.9. The smallest absolute Gasteiger partial charge is 0.123 e. The van der Waals surface area contributed by atoms with Gasteiger partial charge in [0.15, 0.2) is 0 Å². The fraction of sp³-hybridized carbons (Fsp3) is 0.571. The molecule has 0 bridgehead atoms. The molecular formula is C14H21FN2S. The van der Waals surface area contributed by atoms with Crippen LogP contribution in [0.1, 0.15) is 12.8 Å². The molecule has 1 N–H and O–H groups in total. The molecule has 0 aliphatic carbocycles. The summed E-state index contributed by atoms with van der Waals surface area (Å²) >= 11 is 1.79. The first-order valence-electron chi connectivity index (χ1n) is 6.55. The number of nitrogens with zero attached hydrogens (tertiary/aromatic N) is 1. The van der Waals surface area contributed by atoms with Gasteiger partial charge in [-0.3, -0.25) is 0 Å². The second-order valence-corrected chi connectivity index (χ2v) is 5.95. The third kappa shape index (κ3) is 4.26. The van der Waals surface area contributed by atoms with Crippen molar-refractivity contribution in [2.75, 3.05) is 32.4 Å². The minimum Gasteiger partial charge on any atom is -0.315 e. The van der Waals surface area contributed by atoms with Gasteiger partial charge in [-0.2, -0.15) is 0 Å². The number of thioether (sulfide) groups is 1. The maximum absolute atomic E-state index is 12.8. The number of hydrogen-bond acceptors (Lipinski definition) is 3. The van der Waals surface area contributed by atoms with Crippen LogP contribution in [0.15, 0.2) is 29.2 Å². The molecule has 1 aliphatic heterocycles. The lowest BCUT2D eigenvalue weighted by molar-refractivity contribution is 0.214. The summed E-state index contributed by atoms with van der Waals surface area (Å²) in [6.07, 6.45) is 2.57. The topological polar surface area (TPSA) is 15.3 Å². The standard InChI is InChI=1S/C14H21FN2S/c1-17(13-3-2-8-16-11-13)9-10-18-14-6-4-12(15)5-7-14/h4-7,13,16H,2-3,8-11H2,1H3. The van der Waals surface area contributed by atoms with Crippen LogP contribution in [0, 0.1) is 5.82 Å². The van der Waals surface area contributed by atoms with Gasteiger partial charge in [-0.25, -0.2) is 4.39 Å². The Balaban J connectivity index is 1.69. The van der Waals surface area contributed by atoms with Gasteiger partial charge >= 0.3 is 0 Å². The molecule has 18 heavy (non-hydrogen) atoms. The van der Waals surface area contributed by atoms with Crippen molar-refractivity contribution in [2.24, 2.45) is 0 Å². The molecule has 0 aromatic heterocycles. The number of rotatable bonds is 5. The molecule has 4 heteroatoms. The van der Waals surface area contributed by atoms with E-state index >= 15 is 0 Å². The SMILES string of the molecule is CN(CCSc1ccc(F)cc1)C1CCCNC1. The Labute approximate surface area is 113 Å². The molecule has 1 heterocycles. The summed E-state index contributed by atoms with van der Waals surface area (Å²) in [4.78, 5) is 3.58. The molecule has 0 amide bonds. The molecule has 2 nitrogen and oxygen atoms in total. The van der Waals surface area contributed by atoms with Gasteiger partial charge in [0.2, 0.25) is 0 Å². The summed E-state index contributed by atoms with van der Waals surface area (Å²) in [6.45, 7) is 3.35. The van der Waals surface area contributed by atoms with Crippen molar-refractivity contribution >= 4 is 11.8 Å². The Morgan fingerprint density at radius 1 is 1.39 bits per heavy atom. The summed E-state index contributed by atoms with van der Waals surface area (Å²) in [5.41, 5.74) is 0. The third-order valence-electron chi connectivity index (χ3n) is 3.42. The van der Waals surface area contributed by atoms with Crippen molar-refractivity contribution in [2.45, 2.75) is 23.8 Å². The minimum absolute atomic E-state index is 0.162. The average molecular weight is 268 g/mol. The number of nitrogens with one attached hydrogen (secondary N) is 1. The molecule has 0 spiro atoms. The van der Waals surface area contributed by atoms with Crippen LogP contribution in [0.25, 0.3) is 0 Å². The van der Waals surface area contributed by atoms with Gasteiger partial charge in [-0.15, -0.1) is 11.8 Å². The van der Waals surface area contributed by atoms with Crippen molar-refractivity contribution in [3.63, 3.8) is 0 Å². The lowest BCUT2D eigenvalue weighted by Gasteiger charge is -2.31. The van der Waals surface area contributed by atoms with Gasteiger partial charge in [0.05, 0.1) is 0 Å². The molecule has 1 aromatic rings. The molecular weight excluding hydrogens is 247 g/mol. The maximum atomic E-state index is 12.8. The third-order valence-corrected chi connectivity index (χ3v) is 4.41. The van der Waals surface area contributed by atoms with Gasteiger partial charge in [-0.05, 0) is 50.7 Å². The van der Waals surface area contributed by atoms with Crippen LogP contribution >= 0.6 is 11.8 Å². The molecule has 0 saturated carbocycles. The first-order chi connectivity index (χ1) is 8.75. The van der Waals surface area contributed by atoms with Crippen molar-refractivity contribution in [1.29, 1.82) is 0 Å². The number of likely N-dealkylation sites (N-methyl/N-ethyl adjacent to an activating group) is 1. The highest BCUT2D eigenvalue weighted by Gasteiger charge is 2.16. The quantitative estimate of drug-likeness (QED) is 0.826. The van der Waals surface area contributed by atoms with Crippen LogP contribution in [0.2, 0.25) is 0 Å². The van der Waals surface area contributed by atoms with E-state index in [4.69, 9.17) is 0 Å². The Bertz CT molecular complexity index is 349. The van der Waals surface area contributed by atoms with Crippen LogP contribution in [0.3, 0.4) is 0 Å². The van der Waals surface area contributed by atoms with E-state index in [1.54, 1.807) is 11.8 Å². The van der Waals surface area contributed by atoms with Gasteiger partial charge in [-0.1, -0.05) is 0 Å². The van der Waals surface area contributed by atoms with Gasteiger partial charge < -0.3 is 10.2 Å². The van der Waals surface area contributed by atoms with Crippen molar-refractivity contribution in [1.82, 2.24) is 10.2 Å². The van der Waals surface area contributed by atoms with Crippen molar-refractivity contribution in [3.05, 3.63) is 30.1 Å². The molecule has 1 saturated heterocycles. The fourth-order valence-electron chi connectivity index (χ4n) is 2.23. The highest BCUT2D eigenvalue weighted by atomic mass is 32.2. The normalized spacial score (nSPS) is 20.3. The van der Waals surface area contributed by atoms with Crippen LogP contribution in [-0.4, -0.2) is 43.4 Å². The zero-order valence-corrected chi connectivity index (χ0v) is 11.7. The zero-order chi connectivity index (χ0) is 12.8. The Hall–Kier alpha value is -0.580. The van der Waals surface area contributed by atoms with E-state index in [2.05, 4.69) is 17.3 Å². The highest BCUT2D eigenvalue weighted by Crippen LogP contribution is 2.18. The molecule has 0 radical (unpaired) electrons. The molecule has 1 unspecified atom stereocenters. The number of piperidine rings is 1. The summed E-state index contributed by atoms with van der Waals surface area (Å²) in [6, 6.07) is 7.42. The second kappa shape index (κ2) is 7.12. The summed E-state index contributed by atoms with van der Waals surface area (Å²) in [5.74, 6) is 0.892. The van der Waals surface area contributed by atoms with E-state index in [9.17, 15) is 4.39 Å². The summed E-state index contributed by atoms with van der Waals surface area (Å²) in [5, 5.41) is 3.44. The van der Waals surface area contributed by atoms with E-state index in [1.807, 2.05) is 12.1 Å². The fourth-order valence-corrected chi connectivity index (χ4v) is 3.17. The molecule has 1 fully saturated rings. The molecule has 1 aliphatic rings. The number of hydrogen-bond donors (Lipinski definition) is 1. The van der Waals surface area contributed by atoms with Crippen LogP contribution in [0.5, 0.6) is 0 Å². The van der Waals surface area contributed by atoms with E-state index < -0.39 is 0 Å². The van der Waals surface area contributed by atoms with Crippen LogP contribution in [-0.2, 0) is 0 Å². The number of benzene rings is 1. The van der Waals surface area contributed by atoms with Crippen molar-refractivity contribution < 1.29 is 4.39 Å². The minimum atomic E-state index is -0.162. The summed E-state index contributed by atoms with van der Waals surface area (Å²) < 4.78 is 12.8. The van der Waals surface area contributed by atoms with E-state index in [0.717, 1.165) is 30.3 Å². The lowest BCUT2D eigenvalue weighted by atomic mass is 10.1. The second-order valence-electron chi connectivity index (χ2n) is 4.78. The largest absolute Gasteiger partial charge is 0.315 e. The molecule has 1 aromatic carbocycles. The Morgan fingerprint density at radius 2 is 2.17 bits per heavy atom. The Kier molecular flexibility index (Phi) is 5.47. The van der Waals surface area contributed by atoms with E-state index in [-0.39, 0.29) is 5.82 Å². The van der Waals surface area contributed by atoms with E-state index in [0.29, 0.717) is 6.04 Å². The predicted octanol–water partition coefficient (Wildman–Crippen LogP) is 2.60. The van der Waals surface area contributed by atoms with Gasteiger partial charge in [0.25, 0.3) is 0 Å². The van der Waals surface area contributed by atoms with Crippen LogP contribution in [0.4, 0.5) is 4.39 Å². The molecule has 100 valence electrons. The van der Waals surface area contributed by atoms with E-state index in [1.165, 1.54) is 25.0 Å².